The number of ether oxygens (including phenoxy) is 1. The molecule has 0 heterocycles. The van der Waals surface area contributed by atoms with Gasteiger partial charge in [0.25, 0.3) is 10.0 Å². The Balaban J connectivity index is 1.59. The van der Waals surface area contributed by atoms with E-state index in [1.807, 2.05) is 30.3 Å². The standard InChI is InChI=1S/C36H36Cl3N3O5S/c1-47-34-19-17-28(22-32(34)39)42(48(45,46)29-14-6-3-7-15-29)24-35(43)41(23-26-16-18-30(37)31(38)20-26)33(21-25-10-4-2-5-11-25)36(44)40-27-12-8-9-13-27/h2-7,10-11,14-20,22,27,33H,8-9,12-13,21,23-24H2,1H3,(H,40,44). The number of anilines is 1. The van der Waals surface area contributed by atoms with E-state index in [9.17, 15) is 18.0 Å². The highest BCUT2D eigenvalue weighted by molar-refractivity contribution is 7.92. The quantitative estimate of drug-likeness (QED) is 0.154. The summed E-state index contributed by atoms with van der Waals surface area (Å²) in [5.74, 6) is -0.573. The summed E-state index contributed by atoms with van der Waals surface area (Å²) in [5, 5.41) is 3.96. The summed E-state index contributed by atoms with van der Waals surface area (Å²) in [5.41, 5.74) is 1.61. The van der Waals surface area contributed by atoms with Crippen LogP contribution >= 0.6 is 34.8 Å². The van der Waals surface area contributed by atoms with Crippen LogP contribution in [-0.4, -0.2) is 50.9 Å². The molecule has 1 saturated carbocycles. The zero-order chi connectivity index (χ0) is 34.3. The normalized spacial score (nSPS) is 13.9. The summed E-state index contributed by atoms with van der Waals surface area (Å²) in [4.78, 5) is 30.2. The molecule has 1 aliphatic rings. The number of hydrogen-bond donors (Lipinski definition) is 1. The van der Waals surface area contributed by atoms with E-state index < -0.39 is 28.5 Å². The van der Waals surface area contributed by atoms with Crippen LogP contribution in [0.2, 0.25) is 15.1 Å². The van der Waals surface area contributed by atoms with Gasteiger partial charge < -0.3 is 15.0 Å². The number of rotatable bonds is 13. The van der Waals surface area contributed by atoms with Gasteiger partial charge >= 0.3 is 0 Å². The largest absolute Gasteiger partial charge is 0.495 e. The molecule has 1 fully saturated rings. The summed E-state index contributed by atoms with van der Waals surface area (Å²) >= 11 is 19.0. The number of hydrogen-bond acceptors (Lipinski definition) is 5. The Kier molecular flexibility index (Phi) is 11.9. The molecule has 8 nitrogen and oxygen atoms in total. The number of halogens is 3. The third-order valence-corrected chi connectivity index (χ3v) is 11.2. The van der Waals surface area contributed by atoms with Crippen LogP contribution < -0.4 is 14.4 Å². The van der Waals surface area contributed by atoms with Gasteiger partial charge in [0.05, 0.1) is 32.8 Å². The fraction of sp³-hybridized carbons (Fsp3) is 0.278. The number of nitrogens with one attached hydrogen (secondary N) is 1. The van der Waals surface area contributed by atoms with Gasteiger partial charge in [0.15, 0.2) is 0 Å². The van der Waals surface area contributed by atoms with Crippen molar-refractivity contribution in [1.29, 1.82) is 0 Å². The molecule has 0 bridgehead atoms. The summed E-state index contributed by atoms with van der Waals surface area (Å²) in [7, 11) is -2.83. The van der Waals surface area contributed by atoms with E-state index in [0.29, 0.717) is 16.3 Å². The van der Waals surface area contributed by atoms with E-state index >= 15 is 0 Å². The zero-order valence-electron chi connectivity index (χ0n) is 26.3. The number of carbonyl (C=O) groups excluding carboxylic acids is 2. The first kappa shape index (κ1) is 35.5. The van der Waals surface area contributed by atoms with Crippen molar-refractivity contribution in [3.8, 4) is 5.75 Å². The lowest BCUT2D eigenvalue weighted by Gasteiger charge is -2.34. The Morgan fingerprint density at radius 2 is 1.50 bits per heavy atom. The fourth-order valence-corrected chi connectivity index (χ4v) is 7.81. The predicted octanol–water partition coefficient (Wildman–Crippen LogP) is 7.55. The molecule has 1 aliphatic carbocycles. The van der Waals surface area contributed by atoms with E-state index in [4.69, 9.17) is 39.5 Å². The van der Waals surface area contributed by atoms with Crippen LogP contribution in [0.15, 0.2) is 102 Å². The molecule has 252 valence electrons. The highest BCUT2D eigenvalue weighted by atomic mass is 35.5. The predicted molar refractivity (Wildman–Crippen MR) is 190 cm³/mol. The van der Waals surface area contributed by atoms with Gasteiger partial charge in [0.1, 0.15) is 18.3 Å². The molecule has 48 heavy (non-hydrogen) atoms. The lowest BCUT2D eigenvalue weighted by atomic mass is 10.0. The van der Waals surface area contributed by atoms with Crippen molar-refractivity contribution in [2.24, 2.45) is 0 Å². The van der Waals surface area contributed by atoms with Gasteiger partial charge in [-0.05, 0) is 66.4 Å². The minimum atomic E-state index is -4.28. The van der Waals surface area contributed by atoms with Crippen molar-refractivity contribution in [2.75, 3.05) is 18.0 Å². The van der Waals surface area contributed by atoms with E-state index in [2.05, 4.69) is 5.32 Å². The van der Waals surface area contributed by atoms with Crippen molar-refractivity contribution >= 4 is 62.3 Å². The monoisotopic (exact) mass is 727 g/mol. The second-order valence-electron chi connectivity index (χ2n) is 11.6. The number of benzene rings is 4. The molecule has 0 radical (unpaired) electrons. The van der Waals surface area contributed by atoms with E-state index in [1.165, 1.54) is 42.3 Å². The van der Waals surface area contributed by atoms with Gasteiger partial charge in [-0.3, -0.25) is 13.9 Å². The molecular formula is C36H36Cl3N3O5S. The highest BCUT2D eigenvalue weighted by Crippen LogP contribution is 2.33. The number of methoxy groups -OCH3 is 1. The Morgan fingerprint density at radius 1 is 0.833 bits per heavy atom. The van der Waals surface area contributed by atoms with Crippen molar-refractivity contribution < 1.29 is 22.7 Å². The smallest absolute Gasteiger partial charge is 0.264 e. The van der Waals surface area contributed by atoms with Gasteiger partial charge in [0, 0.05) is 19.0 Å². The van der Waals surface area contributed by atoms with Crippen LogP contribution in [0.3, 0.4) is 0 Å². The molecule has 0 spiro atoms. The maximum atomic E-state index is 14.7. The van der Waals surface area contributed by atoms with Crippen LogP contribution in [-0.2, 0) is 32.6 Å². The molecule has 1 unspecified atom stereocenters. The summed E-state index contributed by atoms with van der Waals surface area (Å²) < 4.78 is 34.7. The van der Waals surface area contributed by atoms with E-state index in [1.54, 1.807) is 36.4 Å². The van der Waals surface area contributed by atoms with Crippen molar-refractivity contribution in [2.45, 2.75) is 55.6 Å². The van der Waals surface area contributed by atoms with Crippen LogP contribution in [0.25, 0.3) is 0 Å². The minimum absolute atomic E-state index is 0.00546. The second-order valence-corrected chi connectivity index (χ2v) is 14.7. The Hall–Kier alpha value is -3.76. The number of carbonyl (C=O) groups is 2. The molecule has 4 aromatic carbocycles. The topological polar surface area (TPSA) is 96.0 Å². The van der Waals surface area contributed by atoms with Gasteiger partial charge in [0.2, 0.25) is 11.8 Å². The average Bonchev–Trinajstić information content (AvgIpc) is 3.60. The highest BCUT2D eigenvalue weighted by Gasteiger charge is 2.35. The number of nitrogens with zero attached hydrogens (tertiary/aromatic N) is 2. The molecule has 4 aromatic rings. The molecule has 1 atom stereocenters. The second kappa shape index (κ2) is 16.1. The lowest BCUT2D eigenvalue weighted by molar-refractivity contribution is -0.140. The number of sulfonamides is 1. The summed E-state index contributed by atoms with van der Waals surface area (Å²) in [6.45, 7) is -0.656. The summed E-state index contributed by atoms with van der Waals surface area (Å²) in [6.07, 6.45) is 3.93. The molecule has 0 aliphatic heterocycles. The molecule has 0 saturated heterocycles. The third kappa shape index (κ3) is 8.63. The van der Waals surface area contributed by atoms with Crippen LogP contribution in [0.1, 0.15) is 36.8 Å². The first-order chi connectivity index (χ1) is 23.1. The molecule has 1 N–H and O–H groups in total. The number of amides is 2. The molecule has 12 heteroatoms. The van der Waals surface area contributed by atoms with Crippen molar-refractivity contribution in [1.82, 2.24) is 10.2 Å². The van der Waals surface area contributed by atoms with Crippen LogP contribution in [0, 0.1) is 0 Å². The van der Waals surface area contributed by atoms with Gasteiger partial charge in [-0.2, -0.15) is 0 Å². The summed E-state index contributed by atoms with van der Waals surface area (Å²) in [6, 6.07) is 25.7. The lowest BCUT2D eigenvalue weighted by Crippen LogP contribution is -2.54. The molecule has 2 amide bonds. The Labute approximate surface area is 296 Å². The Bertz CT molecular complexity index is 1840. The van der Waals surface area contributed by atoms with Crippen LogP contribution in [0.4, 0.5) is 5.69 Å². The molecular weight excluding hydrogens is 693 g/mol. The maximum Gasteiger partial charge on any atom is 0.264 e. The molecule has 5 rings (SSSR count). The maximum absolute atomic E-state index is 14.7. The minimum Gasteiger partial charge on any atom is -0.495 e. The Morgan fingerprint density at radius 3 is 2.12 bits per heavy atom. The van der Waals surface area contributed by atoms with Gasteiger partial charge in [-0.15, -0.1) is 0 Å². The third-order valence-electron chi connectivity index (χ3n) is 8.34. The fourth-order valence-electron chi connectivity index (χ4n) is 5.82. The van der Waals surface area contributed by atoms with Gasteiger partial charge in [-0.1, -0.05) is 102 Å². The zero-order valence-corrected chi connectivity index (χ0v) is 29.4. The first-order valence-corrected chi connectivity index (χ1v) is 18.1. The van der Waals surface area contributed by atoms with Crippen molar-refractivity contribution in [3.05, 3.63) is 123 Å². The SMILES string of the molecule is COc1ccc(N(CC(=O)N(Cc2ccc(Cl)c(Cl)c2)C(Cc2ccccc2)C(=O)NC2CCCC2)S(=O)(=O)c2ccccc2)cc1Cl. The van der Waals surface area contributed by atoms with Crippen LogP contribution in [0.5, 0.6) is 5.75 Å². The average molecular weight is 729 g/mol. The van der Waals surface area contributed by atoms with Gasteiger partial charge in [-0.25, -0.2) is 8.42 Å². The first-order valence-electron chi connectivity index (χ1n) is 15.6. The van der Waals surface area contributed by atoms with E-state index in [0.717, 1.165) is 35.6 Å². The molecule has 0 aromatic heterocycles. The van der Waals surface area contributed by atoms with E-state index in [-0.39, 0.29) is 45.5 Å². The van der Waals surface area contributed by atoms with Crippen molar-refractivity contribution in [3.63, 3.8) is 0 Å².